The van der Waals surface area contributed by atoms with Gasteiger partial charge in [-0.25, -0.2) is 0 Å². The average Bonchev–Trinajstić information content (AvgIpc) is 2.62. The van der Waals surface area contributed by atoms with Gasteiger partial charge in [0.1, 0.15) is 5.02 Å². The number of carbonyl (C=O) groups is 1. The van der Waals surface area contributed by atoms with Crippen molar-refractivity contribution in [3.05, 3.63) is 32.8 Å². The number of Topliss-reactive ketones (excluding diaryl/α,β-unsaturated/α-hetero) is 1. The summed E-state index contributed by atoms with van der Waals surface area (Å²) in [5.41, 5.74) is 0.685. The fraction of sp³-hybridized carbons (Fsp3) is 0.273. The summed E-state index contributed by atoms with van der Waals surface area (Å²) < 4.78 is 0. The van der Waals surface area contributed by atoms with Crippen LogP contribution in [0.3, 0.4) is 0 Å². The first kappa shape index (κ1) is 11.2. The summed E-state index contributed by atoms with van der Waals surface area (Å²) in [4.78, 5) is 28.2. The van der Waals surface area contributed by atoms with Crippen molar-refractivity contribution in [1.82, 2.24) is 0 Å². The van der Waals surface area contributed by atoms with Crippen molar-refractivity contribution in [1.29, 1.82) is 0 Å². The van der Waals surface area contributed by atoms with Gasteiger partial charge < -0.3 is 4.90 Å². The first-order valence-corrected chi connectivity index (χ1v) is 5.82. The van der Waals surface area contributed by atoms with E-state index in [0.717, 1.165) is 6.42 Å². The van der Waals surface area contributed by atoms with Crippen LogP contribution < -0.4 is 4.90 Å². The Morgan fingerprint density at radius 1 is 1.44 bits per heavy atom. The van der Waals surface area contributed by atoms with E-state index in [4.69, 9.17) is 11.6 Å². The van der Waals surface area contributed by atoms with Crippen LogP contribution in [0.5, 0.6) is 0 Å². The van der Waals surface area contributed by atoms with E-state index >= 15 is 0 Å². The van der Waals surface area contributed by atoms with Crippen LogP contribution in [-0.4, -0.2) is 29.6 Å². The number of ketones is 1. The average molecular weight is 266 g/mol. The molecule has 0 amide bonds. The monoisotopic (exact) mass is 265 g/mol. The molecule has 1 aromatic carbocycles. The van der Waals surface area contributed by atoms with Gasteiger partial charge in [0.2, 0.25) is 5.78 Å². The second kappa shape index (κ2) is 3.78. The summed E-state index contributed by atoms with van der Waals surface area (Å²) in [7, 11) is 0. The SMILES string of the molecule is O=C1C2=NCCCN2c2cc(Cl)c([N+](=O)[O-])cc21. The molecule has 3 rings (SSSR count). The minimum absolute atomic E-state index is 0.0402. The third-order valence-electron chi connectivity index (χ3n) is 3.06. The maximum atomic E-state index is 12.1. The van der Waals surface area contributed by atoms with Gasteiger partial charge in [0.25, 0.3) is 5.69 Å². The molecule has 0 atom stereocenters. The van der Waals surface area contributed by atoms with Crippen LogP contribution in [0.1, 0.15) is 16.8 Å². The van der Waals surface area contributed by atoms with Crippen molar-refractivity contribution >= 4 is 34.6 Å². The Hall–Kier alpha value is -1.95. The summed E-state index contributed by atoms with van der Waals surface area (Å²) in [6.45, 7) is 1.30. The third-order valence-corrected chi connectivity index (χ3v) is 3.36. The lowest BCUT2D eigenvalue weighted by atomic mass is 10.1. The van der Waals surface area contributed by atoms with Gasteiger partial charge in [-0.15, -0.1) is 0 Å². The highest BCUT2D eigenvalue weighted by atomic mass is 35.5. The number of anilines is 1. The Morgan fingerprint density at radius 3 is 2.94 bits per heavy atom. The van der Waals surface area contributed by atoms with Crippen LogP contribution in [0.4, 0.5) is 11.4 Å². The van der Waals surface area contributed by atoms with Crippen LogP contribution in [0.2, 0.25) is 5.02 Å². The lowest BCUT2D eigenvalue weighted by molar-refractivity contribution is -0.384. The number of nitro benzene ring substituents is 1. The zero-order chi connectivity index (χ0) is 12.9. The van der Waals surface area contributed by atoms with Gasteiger partial charge in [0, 0.05) is 19.2 Å². The molecule has 0 unspecified atom stereocenters. The van der Waals surface area contributed by atoms with Crippen molar-refractivity contribution < 1.29 is 9.72 Å². The van der Waals surface area contributed by atoms with E-state index in [1.54, 1.807) is 4.90 Å². The maximum absolute atomic E-state index is 12.1. The number of hydrogen-bond acceptors (Lipinski definition) is 5. The first-order chi connectivity index (χ1) is 8.59. The van der Waals surface area contributed by atoms with Crippen LogP contribution in [0.25, 0.3) is 0 Å². The van der Waals surface area contributed by atoms with E-state index in [2.05, 4.69) is 4.99 Å². The minimum atomic E-state index is -0.588. The molecule has 0 bridgehead atoms. The number of fused-ring (bicyclic) bond motifs is 3. The molecule has 1 aromatic rings. The van der Waals surface area contributed by atoms with Crippen LogP contribution in [0, 0.1) is 10.1 Å². The quantitative estimate of drug-likeness (QED) is 0.575. The zero-order valence-electron chi connectivity index (χ0n) is 9.22. The van der Waals surface area contributed by atoms with Crippen molar-refractivity contribution in [3.63, 3.8) is 0 Å². The van der Waals surface area contributed by atoms with E-state index in [-0.39, 0.29) is 16.5 Å². The van der Waals surface area contributed by atoms with E-state index in [0.29, 0.717) is 30.2 Å². The predicted molar refractivity (Wildman–Crippen MR) is 66.7 cm³/mol. The molecule has 18 heavy (non-hydrogen) atoms. The van der Waals surface area contributed by atoms with Crippen LogP contribution in [-0.2, 0) is 0 Å². The molecular formula is C11H8ClN3O3. The zero-order valence-corrected chi connectivity index (χ0v) is 9.98. The van der Waals surface area contributed by atoms with Gasteiger partial charge in [-0.2, -0.15) is 0 Å². The fourth-order valence-electron chi connectivity index (χ4n) is 2.25. The van der Waals surface area contributed by atoms with Crippen molar-refractivity contribution in [2.45, 2.75) is 6.42 Å². The molecule has 0 fully saturated rings. The van der Waals surface area contributed by atoms with Crippen LogP contribution >= 0.6 is 11.6 Å². The summed E-state index contributed by atoms with van der Waals surface area (Å²) in [6, 6.07) is 2.71. The Balaban J connectivity index is 2.21. The molecule has 2 heterocycles. The molecule has 0 aliphatic carbocycles. The summed E-state index contributed by atoms with van der Waals surface area (Å²) in [6.07, 6.45) is 0.852. The number of carbonyl (C=O) groups excluding carboxylic acids is 1. The predicted octanol–water partition coefficient (Wildman–Crippen LogP) is 2.05. The molecule has 0 spiro atoms. The van der Waals surface area contributed by atoms with E-state index in [9.17, 15) is 14.9 Å². The number of halogens is 1. The number of amidine groups is 1. The van der Waals surface area contributed by atoms with Gasteiger partial charge >= 0.3 is 0 Å². The molecular weight excluding hydrogens is 258 g/mol. The second-order valence-electron chi connectivity index (χ2n) is 4.12. The summed E-state index contributed by atoms with van der Waals surface area (Å²) >= 11 is 5.86. The lowest BCUT2D eigenvalue weighted by Crippen LogP contribution is -2.34. The highest BCUT2D eigenvalue weighted by Crippen LogP contribution is 2.38. The second-order valence-corrected chi connectivity index (χ2v) is 4.52. The van der Waals surface area contributed by atoms with E-state index in [1.807, 2.05) is 0 Å². The number of benzene rings is 1. The van der Waals surface area contributed by atoms with Gasteiger partial charge in [-0.05, 0) is 12.5 Å². The standard InChI is InChI=1S/C11H8ClN3O3/c12-7-5-8-6(4-9(7)15(17)18)10(16)11-13-2-1-3-14(8)11/h4-5H,1-3H2. The van der Waals surface area contributed by atoms with Gasteiger partial charge in [-0.1, -0.05) is 11.6 Å². The third kappa shape index (κ3) is 1.42. The normalized spacial score (nSPS) is 17.3. The number of nitrogens with zero attached hydrogens (tertiary/aromatic N) is 3. The molecule has 2 aliphatic heterocycles. The maximum Gasteiger partial charge on any atom is 0.288 e. The largest absolute Gasteiger partial charge is 0.323 e. The Kier molecular flexibility index (Phi) is 2.34. The van der Waals surface area contributed by atoms with Crippen molar-refractivity contribution in [3.8, 4) is 0 Å². The minimum Gasteiger partial charge on any atom is -0.323 e. The van der Waals surface area contributed by atoms with Gasteiger partial charge in [-0.3, -0.25) is 19.9 Å². The topological polar surface area (TPSA) is 75.8 Å². The Morgan fingerprint density at radius 2 is 2.22 bits per heavy atom. The molecule has 0 aromatic heterocycles. The summed E-state index contributed by atoms with van der Waals surface area (Å²) in [5.74, 6) is 0.109. The molecule has 7 heteroatoms. The van der Waals surface area contributed by atoms with E-state index < -0.39 is 4.92 Å². The highest BCUT2D eigenvalue weighted by Gasteiger charge is 2.37. The van der Waals surface area contributed by atoms with Crippen molar-refractivity contribution in [2.24, 2.45) is 4.99 Å². The molecule has 0 N–H and O–H groups in total. The molecule has 2 aliphatic rings. The Labute approximate surface area is 107 Å². The lowest BCUT2D eigenvalue weighted by Gasteiger charge is -2.22. The van der Waals surface area contributed by atoms with Crippen LogP contribution in [0.15, 0.2) is 17.1 Å². The van der Waals surface area contributed by atoms with Gasteiger partial charge in [0.05, 0.1) is 16.2 Å². The van der Waals surface area contributed by atoms with Gasteiger partial charge in [0.15, 0.2) is 5.84 Å². The molecule has 92 valence electrons. The summed E-state index contributed by atoms with van der Waals surface area (Å²) in [5, 5.41) is 10.8. The fourth-order valence-corrected chi connectivity index (χ4v) is 2.48. The number of hydrogen-bond donors (Lipinski definition) is 0. The first-order valence-electron chi connectivity index (χ1n) is 5.44. The smallest absolute Gasteiger partial charge is 0.288 e. The Bertz CT molecular complexity index is 612. The molecule has 6 nitrogen and oxygen atoms in total. The molecule has 0 saturated heterocycles. The van der Waals surface area contributed by atoms with Crippen molar-refractivity contribution in [2.75, 3.05) is 18.0 Å². The number of aliphatic imine (C=N–C) groups is 1. The molecule has 0 radical (unpaired) electrons. The number of rotatable bonds is 1. The van der Waals surface area contributed by atoms with E-state index in [1.165, 1.54) is 12.1 Å². The number of nitro groups is 1. The molecule has 0 saturated carbocycles. The highest BCUT2D eigenvalue weighted by molar-refractivity contribution is 6.55.